The second kappa shape index (κ2) is 10.5. The molecule has 162 valence electrons. The quantitative estimate of drug-likeness (QED) is 0.454. The molecule has 0 radical (unpaired) electrons. The second-order valence-electron chi connectivity index (χ2n) is 7.60. The number of hydrogen-bond acceptors (Lipinski definition) is 4. The maximum atomic E-state index is 12.3. The van der Waals surface area contributed by atoms with Crippen LogP contribution < -0.4 is 10.6 Å². The molecule has 0 saturated heterocycles. The molecule has 2 aromatic rings. The Bertz CT molecular complexity index is 934. The van der Waals surface area contributed by atoms with Crippen molar-refractivity contribution in [3.63, 3.8) is 0 Å². The van der Waals surface area contributed by atoms with Gasteiger partial charge in [0.2, 0.25) is 11.8 Å². The number of rotatable bonds is 10. The number of nitrogens with zero attached hydrogens (tertiary/aromatic N) is 1. The summed E-state index contributed by atoms with van der Waals surface area (Å²) in [7, 11) is 0. The van der Waals surface area contributed by atoms with Gasteiger partial charge < -0.3 is 10.6 Å². The summed E-state index contributed by atoms with van der Waals surface area (Å²) in [5.74, 6) is -0.852. The number of aryl methyl sites for hydroxylation is 2. The maximum absolute atomic E-state index is 12.3. The standard InChI is InChI=1S/C24H27N3O4/c1-17-8-10-18(11-9-17)12-13-22(29)26-15-14-25-21(28)7-4-16-27-23(30)19-5-2-3-6-20(19)24(27)31/h2-3,5-6,8-11H,4,7,12-16H2,1H3,(H,25,28)(H,26,29). The van der Waals surface area contributed by atoms with Crippen molar-refractivity contribution < 1.29 is 19.2 Å². The highest BCUT2D eigenvalue weighted by molar-refractivity contribution is 6.21. The van der Waals surface area contributed by atoms with Gasteiger partial charge in [0.15, 0.2) is 0 Å². The lowest BCUT2D eigenvalue weighted by Gasteiger charge is -2.13. The van der Waals surface area contributed by atoms with E-state index >= 15 is 0 Å². The van der Waals surface area contributed by atoms with Gasteiger partial charge in [0.05, 0.1) is 11.1 Å². The first-order chi connectivity index (χ1) is 15.0. The van der Waals surface area contributed by atoms with Gasteiger partial charge in [-0.1, -0.05) is 42.0 Å². The monoisotopic (exact) mass is 421 g/mol. The third-order valence-corrected chi connectivity index (χ3v) is 5.19. The molecule has 0 spiro atoms. The zero-order valence-corrected chi connectivity index (χ0v) is 17.6. The Morgan fingerprint density at radius 2 is 1.35 bits per heavy atom. The van der Waals surface area contributed by atoms with Crippen LogP contribution in [0.15, 0.2) is 48.5 Å². The van der Waals surface area contributed by atoms with Crippen LogP contribution in [0.3, 0.4) is 0 Å². The van der Waals surface area contributed by atoms with E-state index in [-0.39, 0.29) is 36.6 Å². The SMILES string of the molecule is Cc1ccc(CCC(=O)NCCNC(=O)CCCN2C(=O)c3ccccc3C2=O)cc1. The summed E-state index contributed by atoms with van der Waals surface area (Å²) in [6.07, 6.45) is 1.67. The van der Waals surface area contributed by atoms with Gasteiger partial charge in [-0.3, -0.25) is 24.1 Å². The smallest absolute Gasteiger partial charge is 0.261 e. The molecule has 0 bridgehead atoms. The van der Waals surface area contributed by atoms with E-state index in [1.165, 1.54) is 10.5 Å². The van der Waals surface area contributed by atoms with Crippen LogP contribution in [0.5, 0.6) is 0 Å². The minimum absolute atomic E-state index is 0.0551. The summed E-state index contributed by atoms with van der Waals surface area (Å²) in [4.78, 5) is 49.6. The molecule has 1 aliphatic rings. The van der Waals surface area contributed by atoms with Crippen molar-refractivity contribution in [3.8, 4) is 0 Å². The summed E-state index contributed by atoms with van der Waals surface area (Å²) in [6.45, 7) is 2.92. The molecule has 0 aliphatic carbocycles. The van der Waals surface area contributed by atoms with Gasteiger partial charge in [0.25, 0.3) is 11.8 Å². The van der Waals surface area contributed by atoms with Gasteiger partial charge in [0, 0.05) is 32.5 Å². The van der Waals surface area contributed by atoms with E-state index in [0.717, 1.165) is 5.56 Å². The van der Waals surface area contributed by atoms with Crippen molar-refractivity contribution in [2.75, 3.05) is 19.6 Å². The molecule has 7 heteroatoms. The number of fused-ring (bicyclic) bond motifs is 1. The average Bonchev–Trinajstić information content (AvgIpc) is 3.01. The first-order valence-electron chi connectivity index (χ1n) is 10.5. The number of carbonyl (C=O) groups excluding carboxylic acids is 4. The van der Waals surface area contributed by atoms with E-state index in [1.807, 2.05) is 31.2 Å². The van der Waals surface area contributed by atoms with Crippen LogP contribution in [0.4, 0.5) is 0 Å². The lowest BCUT2D eigenvalue weighted by atomic mass is 10.1. The predicted octanol–water partition coefficient (Wildman–Crippen LogP) is 2.24. The highest BCUT2D eigenvalue weighted by Crippen LogP contribution is 2.22. The molecular formula is C24H27N3O4. The topological polar surface area (TPSA) is 95.6 Å². The van der Waals surface area contributed by atoms with Crippen LogP contribution in [-0.4, -0.2) is 48.2 Å². The van der Waals surface area contributed by atoms with Crippen LogP contribution in [-0.2, 0) is 16.0 Å². The molecule has 2 N–H and O–H groups in total. The first-order valence-corrected chi connectivity index (χ1v) is 10.5. The fourth-order valence-electron chi connectivity index (χ4n) is 3.43. The van der Waals surface area contributed by atoms with Gasteiger partial charge in [-0.25, -0.2) is 0 Å². The van der Waals surface area contributed by atoms with Crippen molar-refractivity contribution in [1.82, 2.24) is 15.5 Å². The Morgan fingerprint density at radius 1 is 0.806 bits per heavy atom. The van der Waals surface area contributed by atoms with Crippen LogP contribution in [0.1, 0.15) is 51.1 Å². The maximum Gasteiger partial charge on any atom is 0.261 e. The largest absolute Gasteiger partial charge is 0.354 e. The number of amides is 4. The molecule has 0 aromatic heterocycles. The summed E-state index contributed by atoms with van der Waals surface area (Å²) in [5, 5.41) is 5.53. The predicted molar refractivity (Wildman–Crippen MR) is 117 cm³/mol. The zero-order chi connectivity index (χ0) is 22.2. The van der Waals surface area contributed by atoms with Crippen molar-refractivity contribution in [3.05, 3.63) is 70.8 Å². The summed E-state index contributed by atoms with van der Waals surface area (Å²) >= 11 is 0. The van der Waals surface area contributed by atoms with Gasteiger partial charge in [-0.15, -0.1) is 0 Å². The van der Waals surface area contributed by atoms with Crippen LogP contribution in [0.2, 0.25) is 0 Å². The molecule has 3 rings (SSSR count). The lowest BCUT2D eigenvalue weighted by molar-refractivity contribution is -0.122. The fraction of sp³-hybridized carbons (Fsp3) is 0.333. The first kappa shape index (κ1) is 22.2. The van der Waals surface area contributed by atoms with Crippen LogP contribution in [0.25, 0.3) is 0 Å². The molecule has 1 aliphatic heterocycles. The van der Waals surface area contributed by atoms with Gasteiger partial charge in [-0.05, 0) is 37.5 Å². The van der Waals surface area contributed by atoms with Gasteiger partial charge in [-0.2, -0.15) is 0 Å². The van der Waals surface area contributed by atoms with Crippen molar-refractivity contribution >= 4 is 23.6 Å². The number of imide groups is 1. The molecule has 2 aromatic carbocycles. The van der Waals surface area contributed by atoms with Crippen LogP contribution >= 0.6 is 0 Å². The van der Waals surface area contributed by atoms with E-state index in [1.54, 1.807) is 24.3 Å². The Labute approximate surface area is 181 Å². The number of carbonyl (C=O) groups is 4. The molecule has 1 heterocycles. The normalized spacial score (nSPS) is 12.6. The third kappa shape index (κ3) is 6.01. The Kier molecular flexibility index (Phi) is 7.54. The minimum Gasteiger partial charge on any atom is -0.354 e. The Morgan fingerprint density at radius 3 is 1.94 bits per heavy atom. The highest BCUT2D eigenvalue weighted by Gasteiger charge is 2.34. The second-order valence-corrected chi connectivity index (χ2v) is 7.60. The summed E-state index contributed by atoms with van der Waals surface area (Å²) < 4.78 is 0. The van der Waals surface area contributed by atoms with Crippen molar-refractivity contribution in [2.45, 2.75) is 32.6 Å². The van der Waals surface area contributed by atoms with Crippen molar-refractivity contribution in [2.24, 2.45) is 0 Å². The summed E-state index contributed by atoms with van der Waals surface area (Å²) in [6, 6.07) is 14.8. The molecule has 7 nitrogen and oxygen atoms in total. The van der Waals surface area contributed by atoms with E-state index in [9.17, 15) is 19.2 Å². The van der Waals surface area contributed by atoms with E-state index < -0.39 is 0 Å². The Balaban J connectivity index is 1.27. The third-order valence-electron chi connectivity index (χ3n) is 5.19. The molecular weight excluding hydrogens is 394 g/mol. The van der Waals surface area contributed by atoms with E-state index in [4.69, 9.17) is 0 Å². The molecule has 0 fully saturated rings. The molecule has 0 atom stereocenters. The van der Waals surface area contributed by atoms with Crippen LogP contribution in [0, 0.1) is 6.92 Å². The Hall–Kier alpha value is -3.48. The molecule has 0 saturated carbocycles. The minimum atomic E-state index is -0.311. The number of nitrogens with one attached hydrogen (secondary N) is 2. The average molecular weight is 421 g/mol. The van der Waals surface area contributed by atoms with Gasteiger partial charge in [0.1, 0.15) is 0 Å². The number of benzene rings is 2. The zero-order valence-electron chi connectivity index (χ0n) is 17.6. The lowest BCUT2D eigenvalue weighted by Crippen LogP contribution is -2.35. The highest BCUT2D eigenvalue weighted by atomic mass is 16.2. The molecule has 4 amide bonds. The molecule has 31 heavy (non-hydrogen) atoms. The number of hydrogen-bond donors (Lipinski definition) is 2. The van der Waals surface area contributed by atoms with Crippen molar-refractivity contribution in [1.29, 1.82) is 0 Å². The summed E-state index contributed by atoms with van der Waals surface area (Å²) in [5.41, 5.74) is 3.13. The fourth-order valence-corrected chi connectivity index (χ4v) is 3.43. The van der Waals surface area contributed by atoms with E-state index in [0.29, 0.717) is 43.5 Å². The van der Waals surface area contributed by atoms with E-state index in [2.05, 4.69) is 10.6 Å². The van der Waals surface area contributed by atoms with Gasteiger partial charge >= 0.3 is 0 Å². The molecule has 0 unspecified atom stereocenters.